The zero-order valence-corrected chi connectivity index (χ0v) is 11.3. The van der Waals surface area contributed by atoms with Gasteiger partial charge in [0.1, 0.15) is 5.82 Å². The highest BCUT2D eigenvalue weighted by atomic mass is 19.1. The minimum Gasteiger partial charge on any atom is -0.362 e. The van der Waals surface area contributed by atoms with E-state index in [1.54, 1.807) is 13.8 Å². The average molecular weight is 280 g/mol. The van der Waals surface area contributed by atoms with E-state index >= 15 is 0 Å². The van der Waals surface area contributed by atoms with Gasteiger partial charge in [-0.3, -0.25) is 0 Å². The number of hydrogen-bond acceptors (Lipinski definition) is 3. The largest absolute Gasteiger partial charge is 0.362 e. The van der Waals surface area contributed by atoms with Crippen LogP contribution in [0.3, 0.4) is 0 Å². The molecule has 2 rings (SSSR count). The molecule has 1 aliphatic rings. The molecule has 1 atom stereocenters. The van der Waals surface area contributed by atoms with Crippen LogP contribution in [0.2, 0.25) is 0 Å². The smallest absolute Gasteiger partial charge is 0.319 e. The Labute approximate surface area is 116 Å². The molecule has 0 radical (unpaired) electrons. The van der Waals surface area contributed by atoms with Gasteiger partial charge in [0.05, 0.1) is 6.04 Å². The van der Waals surface area contributed by atoms with Crippen molar-refractivity contribution in [2.75, 3.05) is 0 Å². The fraction of sp³-hybridized carbons (Fsp3) is 0.357. The van der Waals surface area contributed by atoms with E-state index in [0.29, 0.717) is 11.3 Å². The number of rotatable bonds is 3. The van der Waals surface area contributed by atoms with Crippen molar-refractivity contribution in [2.45, 2.75) is 32.1 Å². The summed E-state index contributed by atoms with van der Waals surface area (Å²) in [6.07, 6.45) is 0.0644. The molecule has 0 spiro atoms. The third-order valence-electron chi connectivity index (χ3n) is 3.40. The molecule has 0 unspecified atom stereocenters. The first-order valence-electron chi connectivity index (χ1n) is 6.34. The van der Waals surface area contributed by atoms with Gasteiger partial charge in [0.2, 0.25) is 0 Å². The van der Waals surface area contributed by atoms with Crippen molar-refractivity contribution < 1.29 is 19.4 Å². The number of allylic oxidation sites excluding steroid dienone is 1. The predicted molar refractivity (Wildman–Crippen MR) is 71.0 cm³/mol. The van der Waals surface area contributed by atoms with Crippen LogP contribution in [-0.2, 0) is 0 Å². The van der Waals surface area contributed by atoms with Crippen LogP contribution in [0.5, 0.6) is 0 Å². The lowest BCUT2D eigenvalue weighted by Crippen LogP contribution is -2.49. The molecule has 0 bridgehead atoms. The van der Waals surface area contributed by atoms with Gasteiger partial charge in [0.15, 0.2) is 5.79 Å². The standard InChI is InChI=1S/C14H17FN2O3/c1-3-14(19,20)11-8(2)16-13(18)17-12(11)9-4-6-10(15)7-5-9/h4-7,12,19-20H,3H2,1-2H3,(H2,16,17,18)/t12-/m1/s1. The van der Waals surface area contributed by atoms with E-state index in [0.717, 1.165) is 0 Å². The lowest BCUT2D eigenvalue weighted by atomic mass is 9.88. The molecule has 2 amide bonds. The zero-order chi connectivity index (χ0) is 14.9. The molecule has 0 saturated carbocycles. The number of amides is 2. The molecule has 6 heteroatoms. The Kier molecular flexibility index (Phi) is 3.78. The third-order valence-corrected chi connectivity index (χ3v) is 3.40. The Morgan fingerprint density at radius 1 is 1.30 bits per heavy atom. The van der Waals surface area contributed by atoms with Crippen molar-refractivity contribution in [1.29, 1.82) is 0 Å². The molecule has 1 aromatic rings. The zero-order valence-electron chi connectivity index (χ0n) is 11.3. The summed E-state index contributed by atoms with van der Waals surface area (Å²) in [5.41, 5.74) is 1.22. The average Bonchev–Trinajstić information content (AvgIpc) is 2.38. The topological polar surface area (TPSA) is 81.6 Å². The van der Waals surface area contributed by atoms with Crippen LogP contribution in [0, 0.1) is 5.82 Å². The minimum atomic E-state index is -2.05. The van der Waals surface area contributed by atoms with E-state index in [4.69, 9.17) is 0 Å². The predicted octanol–water partition coefficient (Wildman–Crippen LogP) is 1.54. The Hall–Kier alpha value is -1.92. The summed E-state index contributed by atoms with van der Waals surface area (Å²) in [5.74, 6) is -2.45. The molecule has 0 fully saturated rings. The first kappa shape index (κ1) is 14.5. The van der Waals surface area contributed by atoms with Crippen molar-refractivity contribution in [3.05, 3.63) is 46.9 Å². The van der Waals surface area contributed by atoms with Gasteiger partial charge in [-0.15, -0.1) is 0 Å². The highest BCUT2D eigenvalue weighted by Crippen LogP contribution is 2.34. The number of urea groups is 1. The Morgan fingerprint density at radius 3 is 2.45 bits per heavy atom. The van der Waals surface area contributed by atoms with Crippen LogP contribution >= 0.6 is 0 Å². The normalized spacial score (nSPS) is 19.6. The molecule has 0 aliphatic carbocycles. The number of nitrogens with one attached hydrogen (secondary N) is 2. The molecular formula is C14H17FN2O3. The molecule has 1 aliphatic heterocycles. The maximum Gasteiger partial charge on any atom is 0.319 e. The second kappa shape index (κ2) is 5.22. The molecule has 0 aromatic heterocycles. The summed E-state index contributed by atoms with van der Waals surface area (Å²) >= 11 is 0. The van der Waals surface area contributed by atoms with E-state index < -0.39 is 23.7 Å². The van der Waals surface area contributed by atoms with Crippen molar-refractivity contribution in [3.8, 4) is 0 Å². The fourth-order valence-corrected chi connectivity index (χ4v) is 2.32. The molecule has 1 heterocycles. The number of benzene rings is 1. The molecule has 4 N–H and O–H groups in total. The lowest BCUT2D eigenvalue weighted by Gasteiger charge is -2.36. The van der Waals surface area contributed by atoms with E-state index in [2.05, 4.69) is 10.6 Å². The minimum absolute atomic E-state index is 0.0644. The van der Waals surface area contributed by atoms with Crippen molar-refractivity contribution in [3.63, 3.8) is 0 Å². The molecule has 108 valence electrons. The SMILES string of the molecule is CCC(O)(O)C1=C(C)NC(=O)N[C@@H]1c1ccc(F)cc1. The fourth-order valence-electron chi connectivity index (χ4n) is 2.32. The summed E-state index contributed by atoms with van der Waals surface area (Å²) in [6.45, 7) is 3.22. The molecule has 1 aromatic carbocycles. The van der Waals surface area contributed by atoms with Crippen LogP contribution in [0.1, 0.15) is 31.9 Å². The summed E-state index contributed by atoms with van der Waals surface area (Å²) in [5, 5.41) is 25.4. The van der Waals surface area contributed by atoms with Crippen LogP contribution < -0.4 is 10.6 Å². The molecular weight excluding hydrogens is 263 g/mol. The van der Waals surface area contributed by atoms with Gasteiger partial charge in [0, 0.05) is 17.7 Å². The van der Waals surface area contributed by atoms with Gasteiger partial charge in [-0.25, -0.2) is 9.18 Å². The van der Waals surface area contributed by atoms with Crippen LogP contribution in [0.25, 0.3) is 0 Å². The second-order valence-electron chi connectivity index (χ2n) is 4.79. The van der Waals surface area contributed by atoms with Crippen LogP contribution in [0.15, 0.2) is 35.5 Å². The van der Waals surface area contributed by atoms with Crippen molar-refractivity contribution in [2.24, 2.45) is 0 Å². The van der Waals surface area contributed by atoms with Crippen LogP contribution in [-0.4, -0.2) is 22.0 Å². The Balaban J connectivity index is 2.50. The molecule has 0 saturated heterocycles. The summed E-state index contributed by atoms with van der Waals surface area (Å²) < 4.78 is 13.0. The van der Waals surface area contributed by atoms with Gasteiger partial charge in [-0.2, -0.15) is 0 Å². The van der Waals surface area contributed by atoms with E-state index in [1.165, 1.54) is 24.3 Å². The maximum absolute atomic E-state index is 13.0. The first-order valence-corrected chi connectivity index (χ1v) is 6.34. The number of hydrogen-bond donors (Lipinski definition) is 4. The second-order valence-corrected chi connectivity index (χ2v) is 4.79. The number of carbonyl (C=O) groups excluding carboxylic acids is 1. The van der Waals surface area contributed by atoms with Gasteiger partial charge in [-0.05, 0) is 24.6 Å². The lowest BCUT2D eigenvalue weighted by molar-refractivity contribution is -0.135. The first-order chi connectivity index (χ1) is 9.35. The van der Waals surface area contributed by atoms with Gasteiger partial charge in [-0.1, -0.05) is 19.1 Å². The maximum atomic E-state index is 13.0. The molecule has 5 nitrogen and oxygen atoms in total. The third kappa shape index (κ3) is 2.66. The number of halogens is 1. The Morgan fingerprint density at radius 2 is 1.90 bits per heavy atom. The van der Waals surface area contributed by atoms with Crippen molar-refractivity contribution in [1.82, 2.24) is 10.6 Å². The van der Waals surface area contributed by atoms with E-state index in [9.17, 15) is 19.4 Å². The van der Waals surface area contributed by atoms with Crippen LogP contribution in [0.4, 0.5) is 9.18 Å². The highest BCUT2D eigenvalue weighted by Gasteiger charge is 2.38. The van der Waals surface area contributed by atoms with Gasteiger partial charge < -0.3 is 20.8 Å². The Bertz CT molecular complexity index is 552. The quantitative estimate of drug-likeness (QED) is 0.634. The highest BCUT2D eigenvalue weighted by molar-refractivity contribution is 5.79. The number of carbonyl (C=O) groups is 1. The van der Waals surface area contributed by atoms with Crippen molar-refractivity contribution >= 4 is 6.03 Å². The van der Waals surface area contributed by atoms with Gasteiger partial charge in [0.25, 0.3) is 0 Å². The van der Waals surface area contributed by atoms with E-state index in [-0.39, 0.29) is 12.0 Å². The van der Waals surface area contributed by atoms with Gasteiger partial charge >= 0.3 is 6.03 Å². The number of aliphatic hydroxyl groups is 2. The summed E-state index contributed by atoms with van der Waals surface area (Å²) in [6, 6.07) is 4.39. The summed E-state index contributed by atoms with van der Waals surface area (Å²) in [7, 11) is 0. The summed E-state index contributed by atoms with van der Waals surface area (Å²) in [4.78, 5) is 11.6. The molecule has 20 heavy (non-hydrogen) atoms. The van der Waals surface area contributed by atoms with E-state index in [1.807, 2.05) is 0 Å². The monoisotopic (exact) mass is 280 g/mol.